The lowest BCUT2D eigenvalue weighted by atomic mass is 9.95. The van der Waals surface area contributed by atoms with Crippen LogP contribution in [0, 0.1) is 3.57 Å². The third kappa shape index (κ3) is 4.41. The van der Waals surface area contributed by atoms with Crippen molar-refractivity contribution in [1.82, 2.24) is 9.97 Å². The van der Waals surface area contributed by atoms with Gasteiger partial charge in [0.1, 0.15) is 12.1 Å². The zero-order valence-corrected chi connectivity index (χ0v) is 17.3. The number of aryl methyl sites for hydroxylation is 1. The molecule has 1 aromatic rings. The van der Waals surface area contributed by atoms with Crippen molar-refractivity contribution in [2.45, 2.75) is 63.7 Å². The average molecular weight is 433 g/mol. The van der Waals surface area contributed by atoms with E-state index >= 15 is 0 Å². The number of halogens is 1. The van der Waals surface area contributed by atoms with Gasteiger partial charge in [-0.1, -0.05) is 32.9 Å². The molecule has 0 unspecified atom stereocenters. The van der Waals surface area contributed by atoms with Crippen LogP contribution in [0.4, 0.5) is 5.82 Å². The topological polar surface area (TPSA) is 47.0 Å². The summed E-state index contributed by atoms with van der Waals surface area (Å²) in [6.07, 6.45) is 8.76. The Hall–Kier alpha value is -0.213. The Labute approximate surface area is 149 Å². The molecule has 6 heteroatoms. The second-order valence-electron chi connectivity index (χ2n) is 6.95. The molecule has 2 rings (SSSR count). The lowest BCUT2D eigenvalue weighted by Gasteiger charge is -2.37. The second kappa shape index (κ2) is 8.05. The number of nitrogens with one attached hydrogen (secondary N) is 1. The van der Waals surface area contributed by atoms with E-state index in [-0.39, 0.29) is 0 Å². The molecule has 1 saturated carbocycles. The van der Waals surface area contributed by atoms with Crippen LogP contribution in [0.15, 0.2) is 6.33 Å². The van der Waals surface area contributed by atoms with E-state index in [1.807, 2.05) is 7.11 Å². The predicted molar refractivity (Wildman–Crippen MR) is 103 cm³/mol. The van der Waals surface area contributed by atoms with Gasteiger partial charge < -0.3 is 10.1 Å². The van der Waals surface area contributed by atoms with Crippen molar-refractivity contribution in [2.24, 2.45) is 0 Å². The quantitative estimate of drug-likeness (QED) is 0.538. The van der Waals surface area contributed by atoms with Crippen LogP contribution in [-0.2, 0) is 11.2 Å². The summed E-state index contributed by atoms with van der Waals surface area (Å²) in [5, 5.41) is 3.65. The number of anilines is 1. The maximum Gasteiger partial charge on any atom is 0.143 e. The van der Waals surface area contributed by atoms with Crippen LogP contribution >= 0.6 is 22.6 Å². The van der Waals surface area contributed by atoms with Gasteiger partial charge in [-0.05, 0) is 47.4 Å². The molecule has 124 valence electrons. The first kappa shape index (κ1) is 18.1. The minimum atomic E-state index is -1.23. The summed E-state index contributed by atoms with van der Waals surface area (Å²) in [6, 6.07) is 0.553. The van der Waals surface area contributed by atoms with E-state index in [2.05, 4.69) is 57.9 Å². The molecule has 1 heterocycles. The molecule has 1 N–H and O–H groups in total. The van der Waals surface area contributed by atoms with E-state index in [4.69, 9.17) is 4.74 Å². The monoisotopic (exact) mass is 433 g/mol. The molecule has 0 aliphatic heterocycles. The summed E-state index contributed by atoms with van der Waals surface area (Å²) in [7, 11) is 0.611. The zero-order chi connectivity index (χ0) is 16.2. The number of rotatable bonds is 6. The standard InChI is InChI=1S/C16H28IN3OSi/c1-5-14-15(17)16(19-10-18-14)20-12-6-8-13(9-7-12)22(3,4)11-21-2/h10,12-13H,5-9,11H2,1-4H3,(H,18,19,20). The van der Waals surface area contributed by atoms with Crippen LogP contribution in [0.5, 0.6) is 0 Å². The summed E-state index contributed by atoms with van der Waals surface area (Å²) >= 11 is 2.37. The van der Waals surface area contributed by atoms with Gasteiger partial charge in [-0.3, -0.25) is 0 Å². The van der Waals surface area contributed by atoms with Crippen molar-refractivity contribution in [3.05, 3.63) is 15.6 Å². The highest BCUT2D eigenvalue weighted by atomic mass is 127. The van der Waals surface area contributed by atoms with E-state index in [0.29, 0.717) is 6.04 Å². The normalized spacial score (nSPS) is 22.6. The lowest BCUT2D eigenvalue weighted by Crippen LogP contribution is -2.41. The van der Waals surface area contributed by atoms with E-state index < -0.39 is 8.07 Å². The Morgan fingerprint density at radius 3 is 2.55 bits per heavy atom. The van der Waals surface area contributed by atoms with Gasteiger partial charge in [-0.15, -0.1) is 0 Å². The fourth-order valence-electron chi connectivity index (χ4n) is 3.46. The Morgan fingerprint density at radius 1 is 1.27 bits per heavy atom. The van der Waals surface area contributed by atoms with Crippen molar-refractivity contribution in [2.75, 3.05) is 18.7 Å². The summed E-state index contributed by atoms with van der Waals surface area (Å²) in [4.78, 5) is 8.79. The summed E-state index contributed by atoms with van der Waals surface area (Å²) < 4.78 is 6.63. The number of nitrogens with zero attached hydrogens (tertiary/aromatic N) is 2. The number of ether oxygens (including phenoxy) is 1. The molecule has 0 amide bonds. The zero-order valence-electron chi connectivity index (χ0n) is 14.2. The van der Waals surface area contributed by atoms with E-state index in [1.165, 1.54) is 29.3 Å². The minimum absolute atomic E-state index is 0.553. The number of hydrogen-bond acceptors (Lipinski definition) is 4. The molecule has 0 radical (unpaired) electrons. The molecular weight excluding hydrogens is 405 g/mol. The number of methoxy groups -OCH3 is 1. The van der Waals surface area contributed by atoms with Gasteiger partial charge in [0.15, 0.2) is 0 Å². The van der Waals surface area contributed by atoms with Gasteiger partial charge in [0.05, 0.1) is 17.3 Å². The molecule has 4 nitrogen and oxygen atoms in total. The Morgan fingerprint density at radius 2 is 1.95 bits per heavy atom. The minimum Gasteiger partial charge on any atom is -0.388 e. The predicted octanol–water partition coefficient (Wildman–Crippen LogP) is 4.26. The largest absolute Gasteiger partial charge is 0.388 e. The third-order valence-electron chi connectivity index (χ3n) is 4.89. The summed E-state index contributed by atoms with van der Waals surface area (Å²) in [5.74, 6) is 1.02. The van der Waals surface area contributed by atoms with Gasteiger partial charge >= 0.3 is 0 Å². The van der Waals surface area contributed by atoms with Crippen molar-refractivity contribution in [3.8, 4) is 0 Å². The van der Waals surface area contributed by atoms with Gasteiger partial charge in [-0.2, -0.15) is 0 Å². The van der Waals surface area contributed by atoms with Gasteiger partial charge in [0, 0.05) is 19.4 Å². The van der Waals surface area contributed by atoms with Gasteiger partial charge in [0.2, 0.25) is 0 Å². The van der Waals surface area contributed by atoms with E-state index in [1.54, 1.807) is 6.33 Å². The van der Waals surface area contributed by atoms with Crippen molar-refractivity contribution < 1.29 is 4.74 Å². The molecule has 1 fully saturated rings. The van der Waals surface area contributed by atoms with Crippen LogP contribution < -0.4 is 5.32 Å². The smallest absolute Gasteiger partial charge is 0.143 e. The maximum absolute atomic E-state index is 5.45. The van der Waals surface area contributed by atoms with Crippen LogP contribution in [0.25, 0.3) is 0 Å². The Kier molecular flexibility index (Phi) is 6.64. The van der Waals surface area contributed by atoms with Gasteiger partial charge in [-0.25, -0.2) is 9.97 Å². The van der Waals surface area contributed by atoms with E-state index in [0.717, 1.165) is 29.7 Å². The molecule has 0 bridgehead atoms. The first-order valence-electron chi connectivity index (χ1n) is 8.22. The maximum atomic E-state index is 5.45. The SMILES string of the molecule is CCc1ncnc(NC2CCC([Si](C)(C)COC)CC2)c1I. The molecule has 1 aromatic heterocycles. The van der Waals surface area contributed by atoms with Crippen LogP contribution in [0.2, 0.25) is 18.6 Å². The first-order chi connectivity index (χ1) is 10.5. The number of aromatic nitrogens is 2. The molecule has 0 atom stereocenters. The first-order valence-corrected chi connectivity index (χ1v) is 12.6. The van der Waals surface area contributed by atoms with Crippen LogP contribution in [0.1, 0.15) is 38.3 Å². The molecule has 0 aromatic carbocycles. The molecule has 0 saturated heterocycles. The summed E-state index contributed by atoms with van der Waals surface area (Å²) in [5.41, 5.74) is 2.03. The van der Waals surface area contributed by atoms with Crippen molar-refractivity contribution in [1.29, 1.82) is 0 Å². The molecular formula is C16H28IN3OSi. The Bertz CT molecular complexity index is 490. The average Bonchev–Trinajstić information content (AvgIpc) is 2.50. The van der Waals surface area contributed by atoms with E-state index in [9.17, 15) is 0 Å². The fourth-order valence-corrected chi connectivity index (χ4v) is 7.15. The highest BCUT2D eigenvalue weighted by molar-refractivity contribution is 14.1. The fraction of sp³-hybridized carbons (Fsp3) is 0.750. The molecule has 22 heavy (non-hydrogen) atoms. The highest BCUT2D eigenvalue weighted by Gasteiger charge is 2.35. The molecule has 0 spiro atoms. The third-order valence-corrected chi connectivity index (χ3v) is 9.84. The number of hydrogen-bond donors (Lipinski definition) is 1. The highest BCUT2D eigenvalue weighted by Crippen LogP contribution is 2.38. The van der Waals surface area contributed by atoms with Crippen LogP contribution in [0.3, 0.4) is 0 Å². The van der Waals surface area contributed by atoms with Crippen molar-refractivity contribution >= 4 is 36.5 Å². The summed E-state index contributed by atoms with van der Waals surface area (Å²) in [6.45, 7) is 7.08. The van der Waals surface area contributed by atoms with Crippen LogP contribution in [-0.4, -0.2) is 37.4 Å². The molecule has 1 aliphatic carbocycles. The lowest BCUT2D eigenvalue weighted by molar-refractivity contribution is 0.242. The van der Waals surface area contributed by atoms with Gasteiger partial charge in [0.25, 0.3) is 0 Å². The molecule has 1 aliphatic rings. The van der Waals surface area contributed by atoms with Crippen molar-refractivity contribution in [3.63, 3.8) is 0 Å². The Balaban J connectivity index is 1.93. The second-order valence-corrected chi connectivity index (χ2v) is 13.1.